The number of nitrogens with two attached hydrogens (primary N) is 1. The smallest absolute Gasteiger partial charge is 0.0594 e. The third-order valence-corrected chi connectivity index (χ3v) is 4.03. The number of aliphatic hydroxyl groups is 1. The molecular weight excluding hydrogens is 236 g/mol. The first-order valence-electron chi connectivity index (χ1n) is 7.45. The molecule has 1 fully saturated rings. The predicted molar refractivity (Wildman–Crippen MR) is 79.0 cm³/mol. The molecule has 4 N–H and O–H groups in total. The van der Waals surface area contributed by atoms with E-state index in [0.717, 1.165) is 12.5 Å². The van der Waals surface area contributed by atoms with Gasteiger partial charge in [0.2, 0.25) is 0 Å². The van der Waals surface area contributed by atoms with Gasteiger partial charge in [0, 0.05) is 19.1 Å². The highest BCUT2D eigenvalue weighted by Crippen LogP contribution is 2.32. The van der Waals surface area contributed by atoms with Crippen LogP contribution in [0.4, 0.5) is 0 Å². The van der Waals surface area contributed by atoms with Gasteiger partial charge in [-0.3, -0.25) is 0 Å². The van der Waals surface area contributed by atoms with Crippen molar-refractivity contribution in [3.8, 4) is 0 Å². The SMILES string of the molecule is NC(CO)CNCc1ccc(C2CCCCC2)cc1. The van der Waals surface area contributed by atoms with E-state index in [9.17, 15) is 0 Å². The lowest BCUT2D eigenvalue weighted by molar-refractivity contribution is 0.262. The summed E-state index contributed by atoms with van der Waals surface area (Å²) in [6, 6.07) is 8.81. The van der Waals surface area contributed by atoms with Crippen LogP contribution in [0, 0.1) is 0 Å². The number of benzene rings is 1. The number of rotatable bonds is 6. The van der Waals surface area contributed by atoms with Gasteiger partial charge in [-0.2, -0.15) is 0 Å². The predicted octanol–water partition coefficient (Wildman–Crippen LogP) is 2.14. The second-order valence-electron chi connectivity index (χ2n) is 5.65. The highest BCUT2D eigenvalue weighted by atomic mass is 16.3. The lowest BCUT2D eigenvalue weighted by Gasteiger charge is -2.22. The highest BCUT2D eigenvalue weighted by molar-refractivity contribution is 5.25. The Morgan fingerprint density at radius 1 is 1.16 bits per heavy atom. The summed E-state index contributed by atoms with van der Waals surface area (Å²) in [5.41, 5.74) is 8.42. The van der Waals surface area contributed by atoms with Crippen LogP contribution < -0.4 is 11.1 Å². The Balaban J connectivity index is 1.80. The zero-order valence-corrected chi connectivity index (χ0v) is 11.6. The summed E-state index contributed by atoms with van der Waals surface area (Å²) in [5, 5.41) is 12.1. The van der Waals surface area contributed by atoms with Crippen LogP contribution in [0.15, 0.2) is 24.3 Å². The van der Waals surface area contributed by atoms with Crippen molar-refractivity contribution in [3.63, 3.8) is 0 Å². The van der Waals surface area contributed by atoms with Crippen molar-refractivity contribution in [1.29, 1.82) is 0 Å². The summed E-state index contributed by atoms with van der Waals surface area (Å²) in [7, 11) is 0. The van der Waals surface area contributed by atoms with E-state index in [1.807, 2.05) is 0 Å². The molecule has 0 spiro atoms. The van der Waals surface area contributed by atoms with Crippen molar-refractivity contribution >= 4 is 0 Å². The molecule has 2 rings (SSSR count). The topological polar surface area (TPSA) is 58.3 Å². The van der Waals surface area contributed by atoms with Crippen LogP contribution in [0.2, 0.25) is 0 Å². The number of hydrogen-bond donors (Lipinski definition) is 3. The first-order valence-corrected chi connectivity index (χ1v) is 7.45. The molecule has 1 aromatic carbocycles. The maximum absolute atomic E-state index is 8.85. The van der Waals surface area contributed by atoms with Gasteiger partial charge >= 0.3 is 0 Å². The standard InChI is InChI=1S/C16H26N2O/c17-16(12-19)11-18-10-13-6-8-15(9-7-13)14-4-2-1-3-5-14/h6-9,14,16,18-19H,1-5,10-12,17H2. The molecule has 3 heteroatoms. The Hall–Kier alpha value is -0.900. The molecule has 0 aliphatic heterocycles. The quantitative estimate of drug-likeness (QED) is 0.736. The zero-order chi connectivity index (χ0) is 13.5. The minimum atomic E-state index is -0.165. The van der Waals surface area contributed by atoms with Crippen molar-refractivity contribution in [3.05, 3.63) is 35.4 Å². The molecule has 0 heterocycles. The zero-order valence-electron chi connectivity index (χ0n) is 11.6. The van der Waals surface area contributed by atoms with Crippen LogP contribution in [0.25, 0.3) is 0 Å². The molecule has 1 unspecified atom stereocenters. The van der Waals surface area contributed by atoms with Crippen molar-refractivity contribution in [2.24, 2.45) is 5.73 Å². The van der Waals surface area contributed by atoms with Crippen LogP contribution in [0.5, 0.6) is 0 Å². The Morgan fingerprint density at radius 3 is 2.47 bits per heavy atom. The van der Waals surface area contributed by atoms with Gasteiger partial charge in [0.25, 0.3) is 0 Å². The summed E-state index contributed by atoms with van der Waals surface area (Å²) in [4.78, 5) is 0. The molecule has 0 aromatic heterocycles. The normalized spacial score (nSPS) is 18.4. The summed E-state index contributed by atoms with van der Waals surface area (Å²) in [6.45, 7) is 1.51. The second-order valence-corrected chi connectivity index (χ2v) is 5.65. The van der Waals surface area contributed by atoms with E-state index < -0.39 is 0 Å². The molecular formula is C16H26N2O. The summed E-state index contributed by atoms with van der Waals surface area (Å²) < 4.78 is 0. The van der Waals surface area contributed by atoms with E-state index in [4.69, 9.17) is 10.8 Å². The molecule has 3 nitrogen and oxygen atoms in total. The van der Waals surface area contributed by atoms with Crippen LogP contribution >= 0.6 is 0 Å². The van der Waals surface area contributed by atoms with Gasteiger partial charge < -0.3 is 16.2 Å². The fraction of sp³-hybridized carbons (Fsp3) is 0.625. The Labute approximate surface area is 116 Å². The van der Waals surface area contributed by atoms with Gasteiger partial charge in [-0.05, 0) is 29.9 Å². The van der Waals surface area contributed by atoms with E-state index in [1.165, 1.54) is 43.2 Å². The van der Waals surface area contributed by atoms with Crippen LogP contribution in [-0.4, -0.2) is 24.3 Å². The maximum Gasteiger partial charge on any atom is 0.0594 e. The Kier molecular flexibility index (Phi) is 5.83. The average molecular weight is 262 g/mol. The van der Waals surface area contributed by atoms with E-state index in [-0.39, 0.29) is 12.6 Å². The van der Waals surface area contributed by atoms with Gasteiger partial charge in [0.15, 0.2) is 0 Å². The summed E-state index contributed by atoms with van der Waals surface area (Å²) in [6.07, 6.45) is 6.87. The summed E-state index contributed by atoms with van der Waals surface area (Å²) in [5.74, 6) is 0.776. The van der Waals surface area contributed by atoms with Gasteiger partial charge in [-0.25, -0.2) is 0 Å². The van der Waals surface area contributed by atoms with E-state index in [0.29, 0.717) is 6.54 Å². The fourth-order valence-corrected chi connectivity index (χ4v) is 2.81. The molecule has 19 heavy (non-hydrogen) atoms. The molecule has 0 radical (unpaired) electrons. The summed E-state index contributed by atoms with van der Waals surface area (Å²) >= 11 is 0. The minimum Gasteiger partial charge on any atom is -0.395 e. The molecule has 0 saturated heterocycles. The molecule has 106 valence electrons. The largest absolute Gasteiger partial charge is 0.395 e. The molecule has 1 aromatic rings. The van der Waals surface area contributed by atoms with Crippen LogP contribution in [0.1, 0.15) is 49.1 Å². The maximum atomic E-state index is 8.85. The van der Waals surface area contributed by atoms with Crippen LogP contribution in [-0.2, 0) is 6.54 Å². The molecule has 1 aliphatic rings. The fourth-order valence-electron chi connectivity index (χ4n) is 2.81. The first-order chi connectivity index (χ1) is 9.29. The second kappa shape index (κ2) is 7.63. The third kappa shape index (κ3) is 4.60. The van der Waals surface area contributed by atoms with Gasteiger partial charge in [0.1, 0.15) is 0 Å². The van der Waals surface area contributed by atoms with Crippen molar-refractivity contribution in [1.82, 2.24) is 5.32 Å². The number of nitrogens with one attached hydrogen (secondary N) is 1. The number of aliphatic hydroxyl groups excluding tert-OH is 1. The molecule has 0 bridgehead atoms. The average Bonchev–Trinajstić information content (AvgIpc) is 2.48. The van der Waals surface area contributed by atoms with Crippen molar-refractivity contribution in [2.45, 2.75) is 50.6 Å². The van der Waals surface area contributed by atoms with Gasteiger partial charge in [-0.15, -0.1) is 0 Å². The molecule has 1 saturated carbocycles. The lowest BCUT2D eigenvalue weighted by Crippen LogP contribution is -2.36. The van der Waals surface area contributed by atoms with E-state index in [2.05, 4.69) is 29.6 Å². The van der Waals surface area contributed by atoms with E-state index >= 15 is 0 Å². The third-order valence-electron chi connectivity index (χ3n) is 4.03. The minimum absolute atomic E-state index is 0.0353. The molecule has 0 amide bonds. The van der Waals surface area contributed by atoms with Crippen molar-refractivity contribution in [2.75, 3.05) is 13.2 Å². The molecule has 1 atom stereocenters. The Morgan fingerprint density at radius 2 is 1.84 bits per heavy atom. The first kappa shape index (κ1) is 14.5. The van der Waals surface area contributed by atoms with E-state index in [1.54, 1.807) is 0 Å². The lowest BCUT2D eigenvalue weighted by atomic mass is 9.84. The highest BCUT2D eigenvalue weighted by Gasteiger charge is 2.14. The molecule has 1 aliphatic carbocycles. The van der Waals surface area contributed by atoms with Gasteiger partial charge in [0.05, 0.1) is 6.61 Å². The Bertz CT molecular complexity index is 358. The van der Waals surface area contributed by atoms with Crippen molar-refractivity contribution < 1.29 is 5.11 Å². The van der Waals surface area contributed by atoms with Gasteiger partial charge in [-0.1, -0.05) is 43.5 Å². The van der Waals surface area contributed by atoms with Crippen LogP contribution in [0.3, 0.4) is 0 Å². The monoisotopic (exact) mass is 262 g/mol. The number of hydrogen-bond acceptors (Lipinski definition) is 3.